The summed E-state index contributed by atoms with van der Waals surface area (Å²) in [6.45, 7) is 2.24. The molecule has 1 fully saturated rings. The molecule has 0 saturated heterocycles. The quantitative estimate of drug-likeness (QED) is 0.107. The molecule has 0 atom stereocenters. The Morgan fingerprint density at radius 1 is 0.604 bits per heavy atom. The number of benzene rings is 5. The maximum Gasteiger partial charge on any atom is 0.432 e. The molecule has 0 spiro atoms. The van der Waals surface area contributed by atoms with Gasteiger partial charge in [0.1, 0.15) is 22.9 Å². The first-order chi connectivity index (χ1) is 23.0. The van der Waals surface area contributed by atoms with Crippen molar-refractivity contribution in [1.82, 2.24) is 0 Å². The fraction of sp³-hybridized carbons (Fsp3) is 0.300. The monoisotopic (exact) mass is 664 g/mol. The molecule has 8 heteroatoms. The predicted molar refractivity (Wildman–Crippen MR) is 174 cm³/mol. The van der Waals surface area contributed by atoms with Crippen molar-refractivity contribution in [2.45, 2.75) is 64.4 Å². The Bertz CT molecular complexity index is 1870. The van der Waals surface area contributed by atoms with Crippen LogP contribution in [0.4, 0.5) is 30.7 Å². The fourth-order valence-electron chi connectivity index (χ4n) is 6.87. The van der Waals surface area contributed by atoms with Gasteiger partial charge in [0.25, 0.3) is 0 Å². The topological polar surface area (TPSA) is 9.23 Å². The van der Waals surface area contributed by atoms with Crippen LogP contribution in [0.25, 0.3) is 33.0 Å². The van der Waals surface area contributed by atoms with Crippen LogP contribution >= 0.6 is 0 Å². The van der Waals surface area contributed by atoms with Crippen molar-refractivity contribution in [2.24, 2.45) is 11.8 Å². The number of aryl methyl sites for hydroxylation is 1. The Kier molecular flexibility index (Phi) is 9.81. The Morgan fingerprint density at radius 2 is 1.17 bits per heavy atom. The fourth-order valence-corrected chi connectivity index (χ4v) is 6.87. The normalized spacial score (nSPS) is 16.8. The molecule has 0 radical (unpaired) electrons. The molecule has 0 amide bonds. The van der Waals surface area contributed by atoms with Crippen molar-refractivity contribution in [2.75, 3.05) is 0 Å². The van der Waals surface area contributed by atoms with Gasteiger partial charge in [0, 0.05) is 5.39 Å². The lowest BCUT2D eigenvalue weighted by Crippen LogP contribution is -2.25. The third-order valence-corrected chi connectivity index (χ3v) is 9.53. The van der Waals surface area contributed by atoms with Gasteiger partial charge in [-0.3, -0.25) is 0 Å². The number of hydrogen-bond acceptors (Lipinski definition) is 1. The molecule has 48 heavy (non-hydrogen) atoms. The first-order valence-electron chi connectivity index (χ1n) is 16.4. The van der Waals surface area contributed by atoms with Crippen LogP contribution < -0.4 is 4.74 Å². The third kappa shape index (κ3) is 7.23. The minimum Gasteiger partial charge on any atom is -0.429 e. The standard InChI is InChI=1S/C40H35F7O/c1-2-3-24-4-6-25(7-5-24)8-9-26-10-12-28(13-11-26)30-21-34(41)37(35(42)22-30)40(46,47)48-32-17-14-27(15-18-32)29-16-19-33-31(20-29)23-36(43)39(45)38(33)44/h10-25H,2-9H2,1H3. The molecule has 1 nitrogen and oxygen atoms in total. The van der Waals surface area contributed by atoms with Crippen molar-refractivity contribution in [3.8, 4) is 28.0 Å². The van der Waals surface area contributed by atoms with Crippen molar-refractivity contribution >= 4 is 10.8 Å². The highest BCUT2D eigenvalue weighted by molar-refractivity contribution is 5.88. The molecule has 0 unspecified atom stereocenters. The molecule has 5 aromatic rings. The summed E-state index contributed by atoms with van der Waals surface area (Å²) in [5.41, 5.74) is 1.19. The van der Waals surface area contributed by atoms with E-state index in [0.29, 0.717) is 22.6 Å². The zero-order chi connectivity index (χ0) is 34.0. The van der Waals surface area contributed by atoms with Gasteiger partial charge in [-0.1, -0.05) is 94.0 Å². The van der Waals surface area contributed by atoms with Crippen LogP contribution in [-0.2, 0) is 12.5 Å². The highest BCUT2D eigenvalue weighted by Crippen LogP contribution is 2.38. The molecule has 0 bridgehead atoms. The van der Waals surface area contributed by atoms with E-state index in [9.17, 15) is 13.2 Å². The molecular formula is C40H35F7O. The summed E-state index contributed by atoms with van der Waals surface area (Å²) < 4.78 is 107. The van der Waals surface area contributed by atoms with Crippen molar-refractivity contribution < 1.29 is 35.5 Å². The van der Waals surface area contributed by atoms with Crippen LogP contribution in [0.15, 0.2) is 84.9 Å². The number of fused-ring (bicyclic) bond motifs is 1. The highest BCUT2D eigenvalue weighted by Gasteiger charge is 2.41. The van der Waals surface area contributed by atoms with Crippen LogP contribution in [0.3, 0.4) is 0 Å². The van der Waals surface area contributed by atoms with Crippen molar-refractivity contribution in [3.63, 3.8) is 0 Å². The lowest BCUT2D eigenvalue weighted by molar-refractivity contribution is -0.189. The highest BCUT2D eigenvalue weighted by atomic mass is 19.3. The van der Waals surface area contributed by atoms with Gasteiger partial charge < -0.3 is 4.74 Å². The van der Waals surface area contributed by atoms with Crippen LogP contribution in [0.5, 0.6) is 5.75 Å². The van der Waals surface area contributed by atoms with Gasteiger partial charge in [0.2, 0.25) is 0 Å². The minimum absolute atomic E-state index is 0.108. The second-order valence-corrected chi connectivity index (χ2v) is 12.8. The summed E-state index contributed by atoms with van der Waals surface area (Å²) in [5.74, 6) is -5.90. The first-order valence-corrected chi connectivity index (χ1v) is 16.4. The van der Waals surface area contributed by atoms with Crippen LogP contribution in [0, 0.1) is 40.9 Å². The largest absolute Gasteiger partial charge is 0.432 e. The van der Waals surface area contributed by atoms with Crippen molar-refractivity contribution in [1.29, 1.82) is 0 Å². The van der Waals surface area contributed by atoms with E-state index in [4.69, 9.17) is 4.74 Å². The van der Waals surface area contributed by atoms with E-state index in [-0.39, 0.29) is 22.1 Å². The average Bonchev–Trinajstić information content (AvgIpc) is 3.07. The molecule has 1 aliphatic rings. The summed E-state index contributed by atoms with van der Waals surface area (Å²) in [7, 11) is 0. The molecule has 1 aliphatic carbocycles. The minimum atomic E-state index is -4.34. The van der Waals surface area contributed by atoms with E-state index in [2.05, 4.69) is 6.92 Å². The number of rotatable bonds is 10. The lowest BCUT2D eigenvalue weighted by Gasteiger charge is -2.28. The summed E-state index contributed by atoms with van der Waals surface area (Å²) in [5, 5.41) is -0.00858. The van der Waals surface area contributed by atoms with Gasteiger partial charge in [0.15, 0.2) is 17.5 Å². The number of hydrogen-bond donors (Lipinski definition) is 0. The molecule has 0 N–H and O–H groups in total. The first kappa shape index (κ1) is 33.6. The van der Waals surface area contributed by atoms with Gasteiger partial charge >= 0.3 is 6.11 Å². The average molecular weight is 665 g/mol. The van der Waals surface area contributed by atoms with Gasteiger partial charge in [-0.15, -0.1) is 0 Å². The Morgan fingerprint density at radius 3 is 1.79 bits per heavy atom. The zero-order valence-electron chi connectivity index (χ0n) is 26.4. The summed E-state index contributed by atoms with van der Waals surface area (Å²) in [6.07, 6.45) is 5.34. The second kappa shape index (κ2) is 14.0. The predicted octanol–water partition coefficient (Wildman–Crippen LogP) is 12.5. The van der Waals surface area contributed by atoms with E-state index < -0.39 is 40.8 Å². The molecule has 6 rings (SSSR count). The molecular weight excluding hydrogens is 629 g/mol. The maximum absolute atomic E-state index is 15.2. The molecule has 250 valence electrons. The number of halogens is 7. The van der Waals surface area contributed by atoms with Gasteiger partial charge in [-0.2, -0.15) is 8.78 Å². The van der Waals surface area contributed by atoms with Gasteiger partial charge in [-0.05, 0) is 94.3 Å². The molecule has 5 aromatic carbocycles. The van der Waals surface area contributed by atoms with E-state index in [1.165, 1.54) is 81.0 Å². The maximum atomic E-state index is 15.2. The molecule has 0 heterocycles. The van der Waals surface area contributed by atoms with E-state index in [1.807, 2.05) is 12.1 Å². The third-order valence-electron chi connectivity index (χ3n) is 9.53. The smallest absolute Gasteiger partial charge is 0.429 e. The Labute approximate surface area is 275 Å². The SMILES string of the molecule is CCCC1CCC(CCc2ccc(-c3cc(F)c(C(F)(F)Oc4ccc(-c5ccc6c(F)c(F)c(F)cc6c5)cc4)c(F)c3)cc2)CC1. The molecule has 0 aliphatic heterocycles. The van der Waals surface area contributed by atoms with Gasteiger partial charge in [0.05, 0.1) is 0 Å². The van der Waals surface area contributed by atoms with Crippen LogP contribution in [-0.4, -0.2) is 0 Å². The van der Waals surface area contributed by atoms with E-state index in [1.54, 1.807) is 12.1 Å². The second-order valence-electron chi connectivity index (χ2n) is 12.8. The Balaban J connectivity index is 1.11. The van der Waals surface area contributed by atoms with E-state index >= 15 is 17.6 Å². The summed E-state index contributed by atoms with van der Waals surface area (Å²) in [6, 6.07) is 19.3. The summed E-state index contributed by atoms with van der Waals surface area (Å²) in [4.78, 5) is 0. The zero-order valence-corrected chi connectivity index (χ0v) is 26.4. The summed E-state index contributed by atoms with van der Waals surface area (Å²) >= 11 is 0. The number of ether oxygens (including phenoxy) is 1. The van der Waals surface area contributed by atoms with Crippen LogP contribution in [0.2, 0.25) is 0 Å². The van der Waals surface area contributed by atoms with Crippen LogP contribution in [0.1, 0.15) is 63.0 Å². The number of alkyl halides is 2. The molecule has 1 saturated carbocycles. The van der Waals surface area contributed by atoms with Gasteiger partial charge in [-0.25, -0.2) is 22.0 Å². The Hall–Kier alpha value is -4.33. The van der Waals surface area contributed by atoms with E-state index in [0.717, 1.165) is 42.5 Å². The lowest BCUT2D eigenvalue weighted by atomic mass is 9.78. The molecule has 0 aromatic heterocycles. The van der Waals surface area contributed by atoms with Crippen molar-refractivity contribution in [3.05, 3.63) is 125 Å².